The number of carbonyl (C=O) groups excluding carboxylic acids is 2. The highest BCUT2D eigenvalue weighted by Crippen LogP contribution is 2.29. The fraction of sp³-hybridized carbons (Fsp3) is 0.158. The molecule has 4 nitrogen and oxygen atoms in total. The molecule has 1 saturated heterocycles. The number of para-hydroxylation sites is 1. The van der Waals surface area contributed by atoms with Gasteiger partial charge in [-0.2, -0.15) is 0 Å². The molecular formula is C19H18N2O2S. The number of carbonyl (C=O) groups is 2. The number of urea groups is 1. The van der Waals surface area contributed by atoms with Crippen molar-refractivity contribution in [3.8, 4) is 0 Å². The van der Waals surface area contributed by atoms with Gasteiger partial charge in [0.2, 0.25) is 0 Å². The van der Waals surface area contributed by atoms with E-state index in [0.717, 1.165) is 10.5 Å². The molecule has 1 fully saturated rings. The van der Waals surface area contributed by atoms with Crippen LogP contribution in [0.25, 0.3) is 6.08 Å². The van der Waals surface area contributed by atoms with Crippen molar-refractivity contribution < 1.29 is 9.59 Å². The first-order chi connectivity index (χ1) is 11.7. The zero-order chi connectivity index (χ0) is 17.1. The van der Waals surface area contributed by atoms with E-state index in [9.17, 15) is 9.59 Å². The molecule has 0 spiro atoms. The molecular weight excluding hydrogens is 320 g/mol. The Morgan fingerprint density at radius 2 is 1.67 bits per heavy atom. The van der Waals surface area contributed by atoms with Crippen LogP contribution in [0.3, 0.4) is 0 Å². The molecule has 0 N–H and O–H groups in total. The predicted octanol–water partition coefficient (Wildman–Crippen LogP) is 4.24. The summed E-state index contributed by atoms with van der Waals surface area (Å²) in [7, 11) is 0. The lowest BCUT2D eigenvalue weighted by Crippen LogP contribution is -2.32. The SMILES string of the molecule is CCN1C(=O)C(=Cc2ccc(SC)cc2)N(c2ccccc2)C1=O. The van der Waals surface area contributed by atoms with Gasteiger partial charge in [-0.05, 0) is 49.1 Å². The van der Waals surface area contributed by atoms with Crippen LogP contribution in [0.2, 0.25) is 0 Å². The Hall–Kier alpha value is -2.53. The second-order valence-electron chi connectivity index (χ2n) is 5.31. The van der Waals surface area contributed by atoms with Gasteiger partial charge in [0.05, 0.1) is 5.69 Å². The maximum absolute atomic E-state index is 12.6. The Bertz CT molecular complexity index is 785. The minimum absolute atomic E-state index is 0.264. The second kappa shape index (κ2) is 6.93. The number of hydrogen-bond donors (Lipinski definition) is 0. The largest absolute Gasteiger partial charge is 0.336 e. The monoisotopic (exact) mass is 338 g/mol. The summed E-state index contributed by atoms with van der Waals surface area (Å²) >= 11 is 1.66. The summed E-state index contributed by atoms with van der Waals surface area (Å²) in [6, 6.07) is 16.9. The number of thioether (sulfide) groups is 1. The molecule has 0 aromatic heterocycles. The Morgan fingerprint density at radius 1 is 1.00 bits per heavy atom. The summed E-state index contributed by atoms with van der Waals surface area (Å²) in [4.78, 5) is 29.2. The van der Waals surface area contributed by atoms with Crippen molar-refractivity contribution in [1.29, 1.82) is 0 Å². The smallest absolute Gasteiger partial charge is 0.267 e. The Morgan fingerprint density at radius 3 is 2.25 bits per heavy atom. The fourth-order valence-electron chi connectivity index (χ4n) is 2.63. The van der Waals surface area contributed by atoms with Gasteiger partial charge in [-0.15, -0.1) is 11.8 Å². The molecule has 0 unspecified atom stereocenters. The van der Waals surface area contributed by atoms with Crippen molar-refractivity contribution in [2.24, 2.45) is 0 Å². The van der Waals surface area contributed by atoms with Crippen molar-refractivity contribution in [2.75, 3.05) is 17.7 Å². The molecule has 0 bridgehead atoms. The number of benzene rings is 2. The minimum Gasteiger partial charge on any atom is -0.267 e. The summed E-state index contributed by atoms with van der Waals surface area (Å²) in [6.07, 6.45) is 3.79. The van der Waals surface area contributed by atoms with Gasteiger partial charge < -0.3 is 0 Å². The highest BCUT2D eigenvalue weighted by atomic mass is 32.2. The van der Waals surface area contributed by atoms with Gasteiger partial charge in [-0.3, -0.25) is 14.6 Å². The molecule has 24 heavy (non-hydrogen) atoms. The second-order valence-corrected chi connectivity index (χ2v) is 6.19. The molecule has 0 radical (unpaired) electrons. The van der Waals surface area contributed by atoms with Crippen LogP contribution in [0.1, 0.15) is 12.5 Å². The van der Waals surface area contributed by atoms with Crippen LogP contribution in [0.4, 0.5) is 10.5 Å². The third-order valence-corrected chi connectivity index (χ3v) is 4.62. The van der Waals surface area contributed by atoms with Gasteiger partial charge in [0, 0.05) is 11.4 Å². The molecule has 3 amide bonds. The number of amides is 3. The van der Waals surface area contributed by atoms with Crippen LogP contribution < -0.4 is 4.90 Å². The van der Waals surface area contributed by atoms with Crippen LogP contribution in [0.5, 0.6) is 0 Å². The topological polar surface area (TPSA) is 40.6 Å². The summed E-state index contributed by atoms with van der Waals surface area (Å²) in [5, 5.41) is 0. The van der Waals surface area contributed by atoms with Gasteiger partial charge in [0.1, 0.15) is 5.70 Å². The van der Waals surface area contributed by atoms with E-state index in [1.54, 1.807) is 24.8 Å². The summed E-state index contributed by atoms with van der Waals surface area (Å²) in [6.45, 7) is 2.15. The van der Waals surface area contributed by atoms with E-state index in [1.165, 1.54) is 9.80 Å². The number of rotatable bonds is 4. The van der Waals surface area contributed by atoms with E-state index < -0.39 is 0 Å². The maximum atomic E-state index is 12.6. The highest BCUT2D eigenvalue weighted by Gasteiger charge is 2.40. The minimum atomic E-state index is -0.305. The molecule has 0 aliphatic carbocycles. The van der Waals surface area contributed by atoms with Crippen molar-refractivity contribution >= 4 is 35.5 Å². The van der Waals surface area contributed by atoms with Crippen molar-refractivity contribution in [3.63, 3.8) is 0 Å². The van der Waals surface area contributed by atoms with Crippen LogP contribution in [0, 0.1) is 0 Å². The van der Waals surface area contributed by atoms with Crippen molar-refractivity contribution in [1.82, 2.24) is 4.90 Å². The molecule has 1 aliphatic heterocycles. The quantitative estimate of drug-likeness (QED) is 0.476. The van der Waals surface area contributed by atoms with Gasteiger partial charge >= 0.3 is 6.03 Å². The van der Waals surface area contributed by atoms with Gasteiger partial charge in [0.25, 0.3) is 5.91 Å². The van der Waals surface area contributed by atoms with Crippen LogP contribution in [0.15, 0.2) is 65.2 Å². The van der Waals surface area contributed by atoms with Crippen LogP contribution in [-0.2, 0) is 4.79 Å². The number of imide groups is 1. The zero-order valence-electron chi connectivity index (χ0n) is 13.6. The normalized spacial score (nSPS) is 16.3. The molecule has 2 aromatic carbocycles. The van der Waals surface area contributed by atoms with Gasteiger partial charge in [-0.1, -0.05) is 30.3 Å². The molecule has 5 heteroatoms. The van der Waals surface area contributed by atoms with E-state index in [2.05, 4.69) is 0 Å². The third kappa shape index (κ3) is 2.95. The average molecular weight is 338 g/mol. The van der Waals surface area contributed by atoms with E-state index in [1.807, 2.05) is 60.9 Å². The van der Waals surface area contributed by atoms with Crippen LogP contribution >= 0.6 is 11.8 Å². The average Bonchev–Trinajstić information content (AvgIpc) is 2.86. The van der Waals surface area contributed by atoms with Crippen molar-refractivity contribution in [2.45, 2.75) is 11.8 Å². The Labute approximate surface area is 145 Å². The lowest BCUT2D eigenvalue weighted by Gasteiger charge is -2.16. The molecule has 0 saturated carbocycles. The molecule has 1 heterocycles. The fourth-order valence-corrected chi connectivity index (χ4v) is 3.04. The van der Waals surface area contributed by atoms with Crippen LogP contribution in [-0.4, -0.2) is 29.6 Å². The molecule has 3 rings (SSSR count). The molecule has 1 aliphatic rings. The lowest BCUT2D eigenvalue weighted by atomic mass is 10.1. The number of anilines is 1. The standard InChI is InChI=1S/C19H18N2O2S/c1-3-20-18(22)17(13-14-9-11-16(24-2)12-10-14)21(19(20)23)15-7-5-4-6-8-15/h4-13H,3H2,1-2H3. The predicted molar refractivity (Wildman–Crippen MR) is 97.9 cm³/mol. The summed E-state index contributed by atoms with van der Waals surface area (Å²) < 4.78 is 0. The third-order valence-electron chi connectivity index (χ3n) is 3.88. The summed E-state index contributed by atoms with van der Waals surface area (Å²) in [5.41, 5.74) is 1.96. The number of likely N-dealkylation sites (N-methyl/N-ethyl adjacent to an activating group) is 1. The first kappa shape index (κ1) is 16.3. The molecule has 2 aromatic rings. The summed E-state index contributed by atoms with van der Waals surface area (Å²) in [5.74, 6) is -0.264. The highest BCUT2D eigenvalue weighted by molar-refractivity contribution is 7.98. The molecule has 0 atom stereocenters. The van der Waals surface area contributed by atoms with E-state index in [0.29, 0.717) is 17.9 Å². The van der Waals surface area contributed by atoms with Crippen molar-refractivity contribution in [3.05, 3.63) is 65.9 Å². The Balaban J connectivity index is 2.05. The van der Waals surface area contributed by atoms with E-state index in [4.69, 9.17) is 0 Å². The first-order valence-corrected chi connectivity index (χ1v) is 8.95. The Kier molecular flexibility index (Phi) is 4.71. The zero-order valence-corrected chi connectivity index (χ0v) is 14.4. The molecule has 122 valence electrons. The number of hydrogen-bond acceptors (Lipinski definition) is 3. The lowest BCUT2D eigenvalue weighted by molar-refractivity contribution is -0.122. The maximum Gasteiger partial charge on any atom is 0.336 e. The van der Waals surface area contributed by atoms with Gasteiger partial charge in [0.15, 0.2) is 0 Å². The number of nitrogens with zero attached hydrogens (tertiary/aromatic N) is 2. The van der Waals surface area contributed by atoms with Gasteiger partial charge in [-0.25, -0.2) is 4.79 Å². The first-order valence-electron chi connectivity index (χ1n) is 7.72. The van der Waals surface area contributed by atoms with E-state index in [-0.39, 0.29) is 11.9 Å². The van der Waals surface area contributed by atoms with E-state index >= 15 is 0 Å².